The second kappa shape index (κ2) is 11.5. The van der Waals surface area contributed by atoms with Crippen LogP contribution in [-0.4, -0.2) is 55.5 Å². The number of carbonyl (C=O) groups excluding carboxylic acids is 3. The third kappa shape index (κ3) is 5.69. The molecule has 2 aliphatic heterocycles. The molecule has 2 heterocycles. The van der Waals surface area contributed by atoms with Crippen molar-refractivity contribution in [2.24, 2.45) is 0 Å². The van der Waals surface area contributed by atoms with Gasteiger partial charge >= 0.3 is 17.9 Å². The lowest BCUT2D eigenvalue weighted by atomic mass is 10.1. The summed E-state index contributed by atoms with van der Waals surface area (Å²) in [6.45, 7) is 1.71. The molecule has 2 saturated heterocycles. The summed E-state index contributed by atoms with van der Waals surface area (Å²) in [7, 11) is 0. The molecule has 9 heteroatoms. The maximum absolute atomic E-state index is 13.1. The van der Waals surface area contributed by atoms with Crippen molar-refractivity contribution in [1.82, 2.24) is 0 Å². The first-order chi connectivity index (χ1) is 18.5. The molecule has 4 atom stereocenters. The summed E-state index contributed by atoms with van der Waals surface area (Å²) in [4.78, 5) is 37.2. The van der Waals surface area contributed by atoms with Gasteiger partial charge in [0.2, 0.25) is 0 Å². The van der Waals surface area contributed by atoms with E-state index in [1.165, 1.54) is 19.1 Å². The average Bonchev–Trinajstić information content (AvgIpc) is 3.51. The van der Waals surface area contributed by atoms with Gasteiger partial charge in [-0.1, -0.05) is 54.6 Å². The molecule has 0 amide bonds. The lowest BCUT2D eigenvalue weighted by Gasteiger charge is -2.18. The second-order valence-electron chi connectivity index (χ2n) is 8.84. The standard InChI is InChI=1S/C29H26O9/c1-18(30)36-23-14-8-6-12-21(23)29(32)38-25-17-35-26-24(16-34-27(25)26)37-28(31)20-11-5-7-13-22(20)33-15-19-9-3-2-4-10-19/h2-14,24-27H,15-17H2,1H3/t24-,25+,26+,27+/m0/s1. The molecule has 38 heavy (non-hydrogen) atoms. The molecular formula is C29H26O9. The Hall–Kier alpha value is -4.21. The van der Waals surface area contributed by atoms with E-state index in [4.69, 9.17) is 28.4 Å². The van der Waals surface area contributed by atoms with Crippen LogP contribution in [0.15, 0.2) is 78.9 Å². The Balaban J connectivity index is 1.20. The van der Waals surface area contributed by atoms with Crippen molar-refractivity contribution in [2.45, 2.75) is 37.9 Å². The summed E-state index contributed by atoms with van der Waals surface area (Å²) in [5, 5.41) is 0. The number of benzene rings is 3. The largest absolute Gasteiger partial charge is 0.488 e. The molecule has 0 radical (unpaired) electrons. The Kier molecular flexibility index (Phi) is 7.67. The first-order valence-corrected chi connectivity index (χ1v) is 12.2. The van der Waals surface area contributed by atoms with E-state index in [0.717, 1.165) is 5.56 Å². The van der Waals surface area contributed by atoms with Crippen molar-refractivity contribution in [3.63, 3.8) is 0 Å². The van der Waals surface area contributed by atoms with Crippen molar-refractivity contribution in [2.75, 3.05) is 13.2 Å². The van der Waals surface area contributed by atoms with Gasteiger partial charge < -0.3 is 28.4 Å². The van der Waals surface area contributed by atoms with Crippen LogP contribution in [0.5, 0.6) is 11.5 Å². The number of hydrogen-bond acceptors (Lipinski definition) is 9. The molecule has 5 rings (SSSR count). The summed E-state index contributed by atoms with van der Waals surface area (Å²) >= 11 is 0. The van der Waals surface area contributed by atoms with Crippen molar-refractivity contribution in [3.8, 4) is 11.5 Å². The highest BCUT2D eigenvalue weighted by atomic mass is 16.7. The van der Waals surface area contributed by atoms with E-state index >= 15 is 0 Å². The zero-order valence-electron chi connectivity index (χ0n) is 20.6. The molecule has 0 aliphatic carbocycles. The molecule has 0 unspecified atom stereocenters. The van der Waals surface area contributed by atoms with E-state index in [1.54, 1.807) is 36.4 Å². The zero-order chi connectivity index (χ0) is 26.5. The van der Waals surface area contributed by atoms with Gasteiger partial charge in [-0.15, -0.1) is 0 Å². The number of esters is 3. The number of carbonyl (C=O) groups is 3. The van der Waals surface area contributed by atoms with E-state index in [0.29, 0.717) is 12.4 Å². The van der Waals surface area contributed by atoms with Crippen LogP contribution in [0.4, 0.5) is 0 Å². The number of hydrogen-bond donors (Lipinski definition) is 0. The molecule has 0 saturated carbocycles. The highest BCUT2D eigenvalue weighted by molar-refractivity contribution is 5.94. The van der Waals surface area contributed by atoms with Crippen LogP contribution in [0.1, 0.15) is 33.2 Å². The topological polar surface area (TPSA) is 107 Å². The van der Waals surface area contributed by atoms with Crippen LogP contribution in [-0.2, 0) is 30.3 Å². The summed E-state index contributed by atoms with van der Waals surface area (Å²) in [6.07, 6.45) is -2.62. The van der Waals surface area contributed by atoms with Crippen molar-refractivity contribution >= 4 is 17.9 Å². The maximum Gasteiger partial charge on any atom is 0.342 e. The number of rotatable bonds is 8. The Morgan fingerprint density at radius 2 is 1.21 bits per heavy atom. The summed E-state index contributed by atoms with van der Waals surface area (Å²) in [5.74, 6) is -1.28. The van der Waals surface area contributed by atoms with E-state index in [2.05, 4.69) is 0 Å². The first-order valence-electron chi connectivity index (χ1n) is 12.2. The molecule has 9 nitrogen and oxygen atoms in total. The van der Waals surface area contributed by atoms with Gasteiger partial charge in [0.15, 0.2) is 12.2 Å². The van der Waals surface area contributed by atoms with Crippen LogP contribution in [0.25, 0.3) is 0 Å². The van der Waals surface area contributed by atoms with E-state index < -0.39 is 42.3 Å². The molecule has 3 aromatic rings. The van der Waals surface area contributed by atoms with E-state index in [-0.39, 0.29) is 30.1 Å². The number of ether oxygens (including phenoxy) is 6. The monoisotopic (exact) mass is 518 g/mol. The molecule has 0 spiro atoms. The van der Waals surface area contributed by atoms with E-state index in [9.17, 15) is 14.4 Å². The summed E-state index contributed by atoms with van der Waals surface area (Å²) in [5.41, 5.74) is 1.37. The normalized spacial score (nSPS) is 21.8. The predicted octanol–water partition coefficient (Wildman–Crippen LogP) is 3.74. The molecule has 2 fully saturated rings. The first kappa shape index (κ1) is 25.4. The van der Waals surface area contributed by atoms with Gasteiger partial charge in [-0.2, -0.15) is 0 Å². The molecular weight excluding hydrogens is 492 g/mol. The van der Waals surface area contributed by atoms with E-state index in [1.807, 2.05) is 30.3 Å². The molecule has 0 aromatic heterocycles. The lowest BCUT2D eigenvalue weighted by Crippen LogP contribution is -2.36. The fraction of sp³-hybridized carbons (Fsp3) is 0.276. The van der Waals surface area contributed by atoms with Crippen molar-refractivity contribution in [1.29, 1.82) is 0 Å². The van der Waals surface area contributed by atoms with Crippen LogP contribution in [0.2, 0.25) is 0 Å². The van der Waals surface area contributed by atoms with Gasteiger partial charge in [0.05, 0.1) is 13.2 Å². The molecule has 0 bridgehead atoms. The van der Waals surface area contributed by atoms with Gasteiger partial charge in [0.25, 0.3) is 0 Å². The highest BCUT2D eigenvalue weighted by Crippen LogP contribution is 2.33. The molecule has 196 valence electrons. The number of fused-ring (bicyclic) bond motifs is 1. The lowest BCUT2D eigenvalue weighted by molar-refractivity contribution is -0.131. The minimum Gasteiger partial charge on any atom is -0.488 e. The maximum atomic E-state index is 13.1. The quantitative estimate of drug-likeness (QED) is 0.326. The fourth-order valence-electron chi connectivity index (χ4n) is 4.41. The fourth-order valence-corrected chi connectivity index (χ4v) is 4.41. The summed E-state index contributed by atoms with van der Waals surface area (Å²) < 4.78 is 34.0. The average molecular weight is 519 g/mol. The van der Waals surface area contributed by atoms with Crippen LogP contribution >= 0.6 is 0 Å². The van der Waals surface area contributed by atoms with Gasteiger partial charge in [0, 0.05) is 6.92 Å². The molecule has 3 aromatic carbocycles. The second-order valence-corrected chi connectivity index (χ2v) is 8.84. The minimum absolute atomic E-state index is 0.0711. The van der Waals surface area contributed by atoms with Crippen LogP contribution in [0, 0.1) is 0 Å². The van der Waals surface area contributed by atoms with Crippen molar-refractivity contribution in [3.05, 3.63) is 95.6 Å². The molecule has 0 N–H and O–H groups in total. The van der Waals surface area contributed by atoms with Gasteiger partial charge in [-0.25, -0.2) is 9.59 Å². The summed E-state index contributed by atoms with van der Waals surface area (Å²) in [6, 6.07) is 22.8. The third-order valence-electron chi connectivity index (χ3n) is 6.18. The Bertz CT molecular complexity index is 1310. The van der Waals surface area contributed by atoms with Crippen LogP contribution in [0.3, 0.4) is 0 Å². The van der Waals surface area contributed by atoms with Crippen molar-refractivity contribution < 1.29 is 42.8 Å². The minimum atomic E-state index is -0.719. The predicted molar refractivity (Wildman–Crippen MR) is 133 cm³/mol. The van der Waals surface area contributed by atoms with Crippen LogP contribution < -0.4 is 9.47 Å². The Morgan fingerprint density at radius 1 is 0.711 bits per heavy atom. The van der Waals surface area contributed by atoms with Gasteiger partial charge in [-0.05, 0) is 29.8 Å². The molecule has 2 aliphatic rings. The van der Waals surface area contributed by atoms with Gasteiger partial charge in [-0.3, -0.25) is 4.79 Å². The number of para-hydroxylation sites is 2. The highest BCUT2D eigenvalue weighted by Gasteiger charge is 2.51. The Morgan fingerprint density at radius 3 is 1.79 bits per heavy atom. The Labute approximate surface area is 219 Å². The smallest absolute Gasteiger partial charge is 0.342 e. The van der Waals surface area contributed by atoms with Gasteiger partial charge in [0.1, 0.15) is 41.4 Å². The zero-order valence-corrected chi connectivity index (χ0v) is 20.6. The SMILES string of the molecule is CC(=O)Oc1ccccc1C(=O)O[C@@H]1CO[C@H]2[C@@H]1OC[C@@H]2OC(=O)c1ccccc1OCc1ccccc1. The third-order valence-corrected chi connectivity index (χ3v) is 6.18.